The fraction of sp³-hybridized carbons (Fsp3) is 0.167. The van der Waals surface area contributed by atoms with Crippen LogP contribution in [-0.4, -0.2) is 25.7 Å². The number of nitrogens with zero attached hydrogens (tertiary/aromatic N) is 3. The van der Waals surface area contributed by atoms with E-state index in [0.29, 0.717) is 5.56 Å². The van der Waals surface area contributed by atoms with E-state index in [1.54, 1.807) is 6.07 Å². The molecule has 0 unspecified atom stereocenters. The first-order valence-electron chi connectivity index (χ1n) is 5.71. The van der Waals surface area contributed by atoms with E-state index in [9.17, 15) is 20.0 Å². The number of nitro benzene ring substituents is 1. The highest BCUT2D eigenvalue weighted by Gasteiger charge is 2.19. The van der Waals surface area contributed by atoms with Crippen molar-refractivity contribution < 1.29 is 14.8 Å². The van der Waals surface area contributed by atoms with Crippen LogP contribution in [0.5, 0.6) is 0 Å². The summed E-state index contributed by atoms with van der Waals surface area (Å²) in [6.45, 7) is 1.51. The van der Waals surface area contributed by atoms with E-state index < -0.39 is 16.9 Å². The van der Waals surface area contributed by atoms with Crippen LogP contribution in [-0.2, 0) is 0 Å². The molecule has 2 aromatic rings. The molecule has 1 amide bonds. The van der Waals surface area contributed by atoms with Gasteiger partial charge in [0.25, 0.3) is 11.6 Å². The Labute approximate surface area is 113 Å². The van der Waals surface area contributed by atoms with Crippen molar-refractivity contribution >= 4 is 11.6 Å². The molecule has 0 bridgehead atoms. The summed E-state index contributed by atoms with van der Waals surface area (Å²) in [5, 5.41) is 24.4. The molecule has 0 aliphatic heterocycles. The zero-order chi connectivity index (χ0) is 14.9. The quantitative estimate of drug-likeness (QED) is 0.635. The number of rotatable bonds is 4. The lowest BCUT2D eigenvalue weighted by atomic mass is 10.1. The van der Waals surface area contributed by atoms with Gasteiger partial charge >= 0.3 is 0 Å². The average molecular weight is 276 g/mol. The molecule has 0 fully saturated rings. The first-order valence-corrected chi connectivity index (χ1v) is 5.71. The number of aliphatic hydroxyl groups is 1. The van der Waals surface area contributed by atoms with Crippen LogP contribution in [0.15, 0.2) is 30.6 Å². The maximum Gasteiger partial charge on any atom is 0.295 e. The lowest BCUT2D eigenvalue weighted by Crippen LogP contribution is -2.09. The van der Waals surface area contributed by atoms with Gasteiger partial charge in [-0.05, 0) is 18.6 Å². The second-order valence-corrected chi connectivity index (χ2v) is 4.22. The predicted molar refractivity (Wildman–Crippen MR) is 69.4 cm³/mol. The molecule has 0 aliphatic rings. The first-order chi connectivity index (χ1) is 9.40. The number of aliphatic hydroxyl groups excluding tert-OH is 1. The zero-order valence-corrected chi connectivity index (χ0v) is 10.6. The number of nitrogens with two attached hydrogens (primary N) is 1. The van der Waals surface area contributed by atoms with E-state index in [2.05, 4.69) is 5.10 Å². The zero-order valence-electron chi connectivity index (χ0n) is 10.6. The highest BCUT2D eigenvalue weighted by atomic mass is 16.6. The largest absolute Gasteiger partial charge is 0.389 e. The SMILES string of the molecule is C[C@H](O)c1ccc(-n2cc(C(N)=O)cn2)c([N+](=O)[O-])c1. The molecule has 0 spiro atoms. The standard InChI is InChI=1S/C12H12N4O4/c1-7(17)8-2-3-10(11(4-8)16(19)20)15-6-9(5-14-15)12(13)18/h2-7,17H,1H3,(H2,13,18)/t7-/m0/s1. The molecule has 3 N–H and O–H groups in total. The molecular formula is C12H12N4O4. The topological polar surface area (TPSA) is 124 Å². The van der Waals surface area contributed by atoms with Crippen molar-refractivity contribution in [3.05, 3.63) is 51.8 Å². The van der Waals surface area contributed by atoms with Crippen LogP contribution in [0.2, 0.25) is 0 Å². The first kappa shape index (κ1) is 13.7. The van der Waals surface area contributed by atoms with Crippen LogP contribution in [0.3, 0.4) is 0 Å². The number of carbonyl (C=O) groups is 1. The molecule has 1 atom stereocenters. The number of benzene rings is 1. The summed E-state index contributed by atoms with van der Waals surface area (Å²) in [4.78, 5) is 21.5. The number of primary amides is 1. The van der Waals surface area contributed by atoms with Gasteiger partial charge in [0.2, 0.25) is 0 Å². The van der Waals surface area contributed by atoms with Crippen molar-refractivity contribution in [1.29, 1.82) is 0 Å². The van der Waals surface area contributed by atoms with Crippen molar-refractivity contribution in [3.8, 4) is 5.69 Å². The molecule has 0 saturated heterocycles. The smallest absolute Gasteiger partial charge is 0.295 e. The van der Waals surface area contributed by atoms with E-state index in [1.165, 1.54) is 36.1 Å². The van der Waals surface area contributed by atoms with Crippen LogP contribution >= 0.6 is 0 Å². The molecule has 0 radical (unpaired) electrons. The summed E-state index contributed by atoms with van der Waals surface area (Å²) < 4.78 is 1.20. The fourth-order valence-corrected chi connectivity index (χ4v) is 1.72. The third-order valence-corrected chi connectivity index (χ3v) is 2.79. The van der Waals surface area contributed by atoms with Crippen molar-refractivity contribution in [3.63, 3.8) is 0 Å². The predicted octanol–water partition coefficient (Wildman–Crippen LogP) is 0.933. The minimum Gasteiger partial charge on any atom is -0.389 e. The van der Waals surface area contributed by atoms with Crippen molar-refractivity contribution in [1.82, 2.24) is 9.78 Å². The summed E-state index contributed by atoms with van der Waals surface area (Å²) in [6, 6.07) is 4.28. The van der Waals surface area contributed by atoms with Gasteiger partial charge in [0.1, 0.15) is 5.69 Å². The molecule has 0 saturated carbocycles. The minimum atomic E-state index is -0.818. The lowest BCUT2D eigenvalue weighted by molar-refractivity contribution is -0.384. The molecule has 2 rings (SSSR count). The lowest BCUT2D eigenvalue weighted by Gasteiger charge is -2.07. The van der Waals surface area contributed by atoms with Gasteiger partial charge in [-0.3, -0.25) is 14.9 Å². The Morgan fingerprint density at radius 1 is 1.55 bits per heavy atom. The van der Waals surface area contributed by atoms with Crippen molar-refractivity contribution in [2.75, 3.05) is 0 Å². The second kappa shape index (κ2) is 5.10. The Balaban J connectivity index is 2.54. The number of hydrogen-bond donors (Lipinski definition) is 2. The number of hydrogen-bond acceptors (Lipinski definition) is 5. The molecular weight excluding hydrogens is 264 g/mol. The van der Waals surface area contributed by atoms with Crippen LogP contribution in [0.4, 0.5) is 5.69 Å². The summed E-state index contributed by atoms with van der Waals surface area (Å²) in [6.07, 6.45) is 1.73. The Morgan fingerprint density at radius 3 is 2.75 bits per heavy atom. The monoisotopic (exact) mass is 276 g/mol. The van der Waals surface area contributed by atoms with E-state index in [4.69, 9.17) is 5.73 Å². The number of aromatic nitrogens is 2. The summed E-state index contributed by atoms with van der Waals surface area (Å²) in [5.74, 6) is -0.667. The summed E-state index contributed by atoms with van der Waals surface area (Å²) in [5.41, 5.74) is 5.65. The highest BCUT2D eigenvalue weighted by Crippen LogP contribution is 2.26. The molecule has 1 aromatic carbocycles. The van der Waals surface area contributed by atoms with Gasteiger partial charge in [-0.1, -0.05) is 6.07 Å². The Hall–Kier alpha value is -2.74. The third kappa shape index (κ3) is 2.50. The maximum atomic E-state index is 11.1. The summed E-state index contributed by atoms with van der Waals surface area (Å²) in [7, 11) is 0. The van der Waals surface area contributed by atoms with E-state index in [1.807, 2.05) is 0 Å². The molecule has 20 heavy (non-hydrogen) atoms. The number of amides is 1. The average Bonchev–Trinajstić information content (AvgIpc) is 2.87. The molecule has 1 heterocycles. The van der Waals surface area contributed by atoms with Gasteiger partial charge in [-0.2, -0.15) is 5.10 Å². The Kier molecular flexibility index (Phi) is 3.49. The van der Waals surface area contributed by atoms with Crippen molar-refractivity contribution in [2.45, 2.75) is 13.0 Å². The highest BCUT2D eigenvalue weighted by molar-refractivity contribution is 5.92. The van der Waals surface area contributed by atoms with Gasteiger partial charge in [-0.15, -0.1) is 0 Å². The maximum absolute atomic E-state index is 11.1. The molecule has 8 heteroatoms. The molecule has 0 aliphatic carbocycles. The Morgan fingerprint density at radius 2 is 2.25 bits per heavy atom. The van der Waals surface area contributed by atoms with Crippen LogP contribution in [0.25, 0.3) is 5.69 Å². The van der Waals surface area contributed by atoms with Crippen LogP contribution < -0.4 is 5.73 Å². The van der Waals surface area contributed by atoms with E-state index >= 15 is 0 Å². The van der Waals surface area contributed by atoms with Gasteiger partial charge in [0.05, 0.1) is 22.8 Å². The van der Waals surface area contributed by atoms with Crippen molar-refractivity contribution in [2.24, 2.45) is 5.73 Å². The normalized spacial score (nSPS) is 12.1. The van der Waals surface area contributed by atoms with Crippen LogP contribution in [0, 0.1) is 10.1 Å². The van der Waals surface area contributed by atoms with Gasteiger partial charge < -0.3 is 10.8 Å². The second-order valence-electron chi connectivity index (χ2n) is 4.22. The van der Waals surface area contributed by atoms with Crippen LogP contribution in [0.1, 0.15) is 28.9 Å². The molecule has 1 aromatic heterocycles. The Bertz CT molecular complexity index is 678. The van der Waals surface area contributed by atoms with E-state index in [0.717, 1.165) is 0 Å². The fourth-order valence-electron chi connectivity index (χ4n) is 1.72. The van der Waals surface area contributed by atoms with Gasteiger partial charge in [0, 0.05) is 12.3 Å². The van der Waals surface area contributed by atoms with E-state index in [-0.39, 0.29) is 16.9 Å². The van der Waals surface area contributed by atoms with Gasteiger partial charge in [-0.25, -0.2) is 4.68 Å². The summed E-state index contributed by atoms with van der Waals surface area (Å²) >= 11 is 0. The molecule has 104 valence electrons. The molecule has 8 nitrogen and oxygen atoms in total. The minimum absolute atomic E-state index is 0.152. The van der Waals surface area contributed by atoms with Gasteiger partial charge in [0.15, 0.2) is 0 Å². The third-order valence-electron chi connectivity index (χ3n) is 2.79. The number of carbonyl (C=O) groups excluding carboxylic acids is 1. The number of nitro groups is 1.